The van der Waals surface area contributed by atoms with Crippen molar-refractivity contribution in [1.29, 1.82) is 0 Å². The molecule has 1 unspecified atom stereocenters. The lowest BCUT2D eigenvalue weighted by Gasteiger charge is -2.30. The third-order valence-electron chi connectivity index (χ3n) is 4.38. The molecule has 0 aromatic heterocycles. The highest BCUT2D eigenvalue weighted by Gasteiger charge is 2.32. The minimum atomic E-state index is -0.317. The highest BCUT2D eigenvalue weighted by Crippen LogP contribution is 2.46. The molecule has 3 aromatic rings. The van der Waals surface area contributed by atoms with Crippen LogP contribution in [0.3, 0.4) is 0 Å². The van der Waals surface area contributed by atoms with E-state index in [0.29, 0.717) is 10.8 Å². The van der Waals surface area contributed by atoms with Gasteiger partial charge in [0.2, 0.25) is 0 Å². The van der Waals surface area contributed by atoms with E-state index in [1.165, 1.54) is 12.1 Å². The zero-order valence-electron chi connectivity index (χ0n) is 14.0. The standard InChI is InChI=1S/C21H16FNO2S/c1-24-18-8-4-7-17-20(18)19(15-5-2-3-6-16(15)23-17)21(26)25-14-11-9-13(22)10-12-14/h2-12,19,23H,1H3. The van der Waals surface area contributed by atoms with Crippen LogP contribution in [0.2, 0.25) is 0 Å². The summed E-state index contributed by atoms with van der Waals surface area (Å²) in [6, 6.07) is 19.6. The van der Waals surface area contributed by atoms with E-state index in [9.17, 15) is 4.39 Å². The van der Waals surface area contributed by atoms with Crippen molar-refractivity contribution in [3.8, 4) is 11.5 Å². The third-order valence-corrected chi connectivity index (χ3v) is 4.70. The summed E-state index contributed by atoms with van der Waals surface area (Å²) in [5, 5.41) is 3.81. The molecule has 0 fully saturated rings. The molecule has 4 rings (SSSR count). The lowest BCUT2D eigenvalue weighted by atomic mass is 9.85. The average molecular weight is 365 g/mol. The van der Waals surface area contributed by atoms with E-state index >= 15 is 0 Å². The Morgan fingerprint density at radius 2 is 1.69 bits per heavy atom. The Labute approximate surface area is 156 Å². The molecule has 3 nitrogen and oxygen atoms in total. The van der Waals surface area contributed by atoms with Gasteiger partial charge >= 0.3 is 0 Å². The van der Waals surface area contributed by atoms with Crippen LogP contribution in [0.4, 0.5) is 15.8 Å². The highest BCUT2D eigenvalue weighted by molar-refractivity contribution is 7.80. The molecule has 1 N–H and O–H groups in total. The molecule has 0 bridgehead atoms. The second-order valence-electron chi connectivity index (χ2n) is 5.94. The molecule has 0 amide bonds. The largest absolute Gasteiger partial charge is 0.496 e. The molecule has 0 radical (unpaired) electrons. The number of ether oxygens (including phenoxy) is 2. The van der Waals surface area contributed by atoms with Crippen LogP contribution in [-0.2, 0) is 0 Å². The van der Waals surface area contributed by atoms with Gasteiger partial charge in [0, 0.05) is 16.9 Å². The molecule has 5 heteroatoms. The van der Waals surface area contributed by atoms with Gasteiger partial charge in [-0.3, -0.25) is 0 Å². The van der Waals surface area contributed by atoms with Gasteiger partial charge in [0.15, 0.2) is 5.05 Å². The Bertz CT molecular complexity index is 972. The number of fused-ring (bicyclic) bond motifs is 2. The summed E-state index contributed by atoms with van der Waals surface area (Å²) >= 11 is 5.65. The van der Waals surface area contributed by atoms with Crippen molar-refractivity contribution in [2.24, 2.45) is 0 Å². The average Bonchev–Trinajstić information content (AvgIpc) is 2.67. The van der Waals surface area contributed by atoms with Crippen molar-refractivity contribution in [1.82, 2.24) is 0 Å². The molecule has 0 saturated carbocycles. The molecule has 130 valence electrons. The van der Waals surface area contributed by atoms with Crippen molar-refractivity contribution in [2.75, 3.05) is 12.4 Å². The molecule has 0 aliphatic carbocycles. The summed E-state index contributed by atoms with van der Waals surface area (Å²) in [6.07, 6.45) is 0. The molecule has 1 heterocycles. The SMILES string of the molecule is COc1cccc2c1C(C(=S)Oc1ccc(F)cc1)c1ccccc1N2. The molecule has 0 saturated heterocycles. The van der Waals surface area contributed by atoms with Crippen LogP contribution in [0, 0.1) is 5.82 Å². The summed E-state index contributed by atoms with van der Waals surface area (Å²) in [5.41, 5.74) is 3.85. The molecule has 3 aromatic carbocycles. The zero-order chi connectivity index (χ0) is 18.1. The van der Waals surface area contributed by atoms with Gasteiger partial charge in [-0.25, -0.2) is 4.39 Å². The van der Waals surface area contributed by atoms with Crippen LogP contribution in [0.1, 0.15) is 17.0 Å². The van der Waals surface area contributed by atoms with E-state index < -0.39 is 0 Å². The minimum absolute atomic E-state index is 0.279. The third kappa shape index (κ3) is 2.91. The molecule has 0 spiro atoms. The van der Waals surface area contributed by atoms with Crippen molar-refractivity contribution >= 4 is 28.6 Å². The highest BCUT2D eigenvalue weighted by atomic mass is 32.1. The Kier molecular flexibility index (Phi) is 4.31. The van der Waals surface area contributed by atoms with E-state index in [-0.39, 0.29) is 11.7 Å². The quantitative estimate of drug-likeness (QED) is 0.627. The number of methoxy groups -OCH3 is 1. The van der Waals surface area contributed by atoms with E-state index in [2.05, 4.69) is 5.32 Å². The fourth-order valence-corrected chi connectivity index (χ4v) is 3.56. The molecule has 26 heavy (non-hydrogen) atoms. The van der Waals surface area contributed by atoms with E-state index in [1.54, 1.807) is 19.2 Å². The second kappa shape index (κ2) is 6.77. The van der Waals surface area contributed by atoms with Gasteiger partial charge in [-0.05, 0) is 60.2 Å². The maximum Gasteiger partial charge on any atom is 0.179 e. The van der Waals surface area contributed by atoms with Crippen LogP contribution in [-0.4, -0.2) is 12.2 Å². The Hall–Kier alpha value is -2.92. The fourth-order valence-electron chi connectivity index (χ4n) is 3.21. The molecule has 1 aliphatic heterocycles. The number of halogens is 1. The first kappa shape index (κ1) is 16.5. The van der Waals surface area contributed by atoms with Crippen LogP contribution in [0.15, 0.2) is 66.7 Å². The van der Waals surface area contributed by atoms with Crippen molar-refractivity contribution in [3.05, 3.63) is 83.7 Å². The normalized spacial score (nSPS) is 14.6. The van der Waals surface area contributed by atoms with E-state index in [0.717, 1.165) is 28.3 Å². The topological polar surface area (TPSA) is 30.5 Å². The van der Waals surface area contributed by atoms with E-state index in [4.69, 9.17) is 21.7 Å². The zero-order valence-corrected chi connectivity index (χ0v) is 14.8. The van der Waals surface area contributed by atoms with Crippen LogP contribution in [0.5, 0.6) is 11.5 Å². The monoisotopic (exact) mass is 365 g/mol. The van der Waals surface area contributed by atoms with Gasteiger partial charge in [0.05, 0.1) is 13.0 Å². The maximum absolute atomic E-state index is 13.2. The van der Waals surface area contributed by atoms with Gasteiger partial charge < -0.3 is 14.8 Å². The number of nitrogens with one attached hydrogen (secondary N) is 1. The number of thiocarbonyl (C=S) groups is 1. The number of anilines is 2. The molecule has 1 atom stereocenters. The van der Waals surface area contributed by atoms with Crippen molar-refractivity contribution < 1.29 is 13.9 Å². The fraction of sp³-hybridized carbons (Fsp3) is 0.0952. The van der Waals surface area contributed by atoms with Gasteiger partial charge in [0.1, 0.15) is 17.3 Å². The van der Waals surface area contributed by atoms with Gasteiger partial charge in [0.25, 0.3) is 0 Å². The van der Waals surface area contributed by atoms with Crippen molar-refractivity contribution in [3.63, 3.8) is 0 Å². The van der Waals surface area contributed by atoms with Crippen LogP contribution >= 0.6 is 12.2 Å². The first-order valence-electron chi connectivity index (χ1n) is 8.17. The number of hydrogen-bond acceptors (Lipinski definition) is 4. The summed E-state index contributed by atoms with van der Waals surface area (Å²) in [7, 11) is 1.64. The van der Waals surface area contributed by atoms with Crippen molar-refractivity contribution in [2.45, 2.75) is 5.92 Å². The van der Waals surface area contributed by atoms with Gasteiger partial charge in [-0.15, -0.1) is 0 Å². The van der Waals surface area contributed by atoms with E-state index in [1.807, 2.05) is 42.5 Å². The lowest BCUT2D eigenvalue weighted by Crippen LogP contribution is -2.23. The van der Waals surface area contributed by atoms with Crippen LogP contribution in [0.25, 0.3) is 0 Å². The molecular formula is C21H16FNO2S. The summed E-state index contributed by atoms with van der Waals surface area (Å²) in [5.74, 6) is 0.643. The molecule has 1 aliphatic rings. The number of benzene rings is 3. The number of hydrogen-bond donors (Lipinski definition) is 1. The predicted molar refractivity (Wildman–Crippen MR) is 104 cm³/mol. The maximum atomic E-state index is 13.2. The van der Waals surface area contributed by atoms with Crippen LogP contribution < -0.4 is 14.8 Å². The Morgan fingerprint density at radius 3 is 2.46 bits per heavy atom. The smallest absolute Gasteiger partial charge is 0.179 e. The Morgan fingerprint density at radius 1 is 0.962 bits per heavy atom. The number of para-hydroxylation sites is 1. The van der Waals surface area contributed by atoms with Gasteiger partial charge in [-0.2, -0.15) is 0 Å². The molecular weight excluding hydrogens is 349 g/mol. The summed E-state index contributed by atoms with van der Waals surface area (Å²) in [4.78, 5) is 0. The number of rotatable bonds is 3. The minimum Gasteiger partial charge on any atom is -0.496 e. The summed E-state index contributed by atoms with van der Waals surface area (Å²) in [6.45, 7) is 0. The lowest BCUT2D eigenvalue weighted by molar-refractivity contribution is 0.408. The Balaban J connectivity index is 1.79. The first-order valence-corrected chi connectivity index (χ1v) is 8.58. The summed E-state index contributed by atoms with van der Waals surface area (Å²) < 4.78 is 24.6. The predicted octanol–water partition coefficient (Wildman–Crippen LogP) is 5.43. The first-order chi connectivity index (χ1) is 12.7. The second-order valence-corrected chi connectivity index (χ2v) is 6.34. The van der Waals surface area contributed by atoms with Gasteiger partial charge in [-0.1, -0.05) is 24.3 Å².